The minimum Gasteiger partial charge on any atom is -0.321 e. The molecule has 0 aliphatic carbocycles. The van der Waals surface area contributed by atoms with Crippen LogP contribution in [0.3, 0.4) is 0 Å². The molecule has 0 aliphatic rings. The molecule has 0 saturated carbocycles. The van der Waals surface area contributed by atoms with Gasteiger partial charge in [-0.25, -0.2) is 0 Å². The molecular weight excluding hydrogens is 198 g/mol. The molecule has 2 aromatic carbocycles. The number of rotatable bonds is 0. The number of hydrogen-bond donors (Lipinski definition) is 1. The Morgan fingerprint density at radius 3 is 2.38 bits per heavy atom. The van der Waals surface area contributed by atoms with E-state index in [2.05, 4.69) is 4.98 Å². The largest absolute Gasteiger partial charge is 0.321 e. The summed E-state index contributed by atoms with van der Waals surface area (Å²) in [5.41, 5.74) is 2.02. The zero-order valence-corrected chi connectivity index (χ0v) is 8.95. The van der Waals surface area contributed by atoms with Gasteiger partial charge in [0.1, 0.15) is 0 Å². The van der Waals surface area contributed by atoms with E-state index in [1.54, 1.807) is 0 Å². The van der Waals surface area contributed by atoms with Crippen LogP contribution in [0.15, 0.2) is 47.3 Å². The van der Waals surface area contributed by atoms with Crippen LogP contribution in [0.1, 0.15) is 5.56 Å². The number of pyridine rings is 1. The first kappa shape index (κ1) is 9.16. The third-order valence-corrected chi connectivity index (χ3v) is 2.97. The zero-order valence-electron chi connectivity index (χ0n) is 8.95. The normalized spacial score (nSPS) is 11.1. The molecule has 0 atom stereocenters. The smallest absolute Gasteiger partial charge is 0.256 e. The van der Waals surface area contributed by atoms with E-state index in [1.165, 1.54) is 0 Å². The Labute approximate surface area is 92.5 Å². The van der Waals surface area contributed by atoms with E-state index in [-0.39, 0.29) is 5.56 Å². The van der Waals surface area contributed by atoms with E-state index in [0.717, 1.165) is 27.2 Å². The first-order chi connectivity index (χ1) is 7.77. The highest BCUT2D eigenvalue weighted by atomic mass is 16.1. The number of fused-ring (bicyclic) bond motifs is 3. The highest BCUT2D eigenvalue weighted by Gasteiger charge is 2.04. The van der Waals surface area contributed by atoms with Crippen molar-refractivity contribution < 1.29 is 0 Å². The lowest BCUT2D eigenvalue weighted by Gasteiger charge is -2.05. The Balaban J connectivity index is 2.70. The van der Waals surface area contributed by atoms with Gasteiger partial charge in [-0.1, -0.05) is 36.4 Å². The van der Waals surface area contributed by atoms with Crippen molar-refractivity contribution in [2.24, 2.45) is 0 Å². The predicted molar refractivity (Wildman–Crippen MR) is 66.8 cm³/mol. The first-order valence-corrected chi connectivity index (χ1v) is 5.28. The molecule has 0 fully saturated rings. The van der Waals surface area contributed by atoms with Gasteiger partial charge in [0, 0.05) is 10.8 Å². The van der Waals surface area contributed by atoms with Crippen LogP contribution in [0.5, 0.6) is 0 Å². The van der Waals surface area contributed by atoms with Gasteiger partial charge in [-0.15, -0.1) is 0 Å². The van der Waals surface area contributed by atoms with Gasteiger partial charge in [-0.3, -0.25) is 4.79 Å². The lowest BCUT2D eigenvalue weighted by Crippen LogP contribution is -2.06. The predicted octanol–water partition coefficient (Wildman–Crippen LogP) is 2.99. The van der Waals surface area contributed by atoms with Crippen molar-refractivity contribution in [1.29, 1.82) is 0 Å². The molecule has 0 radical (unpaired) electrons. The Bertz CT molecular complexity index is 740. The lowest BCUT2D eigenvalue weighted by atomic mass is 10.0. The molecule has 0 aliphatic heterocycles. The van der Waals surface area contributed by atoms with Gasteiger partial charge in [0.25, 0.3) is 5.56 Å². The van der Waals surface area contributed by atoms with Crippen molar-refractivity contribution in [2.75, 3.05) is 0 Å². The van der Waals surface area contributed by atoms with E-state index in [0.29, 0.717) is 0 Å². The average Bonchev–Trinajstić information content (AvgIpc) is 2.31. The molecule has 0 bridgehead atoms. The van der Waals surface area contributed by atoms with E-state index >= 15 is 0 Å². The van der Waals surface area contributed by atoms with Gasteiger partial charge in [-0.2, -0.15) is 0 Å². The van der Waals surface area contributed by atoms with Crippen molar-refractivity contribution in [3.05, 3.63) is 58.4 Å². The maximum absolute atomic E-state index is 11.9. The van der Waals surface area contributed by atoms with Gasteiger partial charge in [0.05, 0.1) is 5.52 Å². The number of aromatic nitrogens is 1. The van der Waals surface area contributed by atoms with Crippen molar-refractivity contribution in [3.63, 3.8) is 0 Å². The number of aryl methyl sites for hydroxylation is 1. The fraction of sp³-hybridized carbons (Fsp3) is 0.0714. The molecule has 0 amide bonds. The van der Waals surface area contributed by atoms with Crippen LogP contribution in [-0.4, -0.2) is 4.98 Å². The van der Waals surface area contributed by atoms with Crippen LogP contribution in [0, 0.1) is 6.92 Å². The molecular formula is C14H11NO. The zero-order chi connectivity index (χ0) is 11.1. The molecule has 0 saturated heterocycles. The summed E-state index contributed by atoms with van der Waals surface area (Å²) >= 11 is 0. The number of benzene rings is 2. The summed E-state index contributed by atoms with van der Waals surface area (Å²) in [5.74, 6) is 0. The van der Waals surface area contributed by atoms with Crippen LogP contribution in [0.2, 0.25) is 0 Å². The average molecular weight is 209 g/mol. The maximum atomic E-state index is 11.9. The summed E-state index contributed by atoms with van der Waals surface area (Å²) in [7, 11) is 0. The molecule has 16 heavy (non-hydrogen) atoms. The second-order valence-electron chi connectivity index (χ2n) is 4.00. The second-order valence-corrected chi connectivity index (χ2v) is 4.00. The van der Waals surface area contributed by atoms with Gasteiger partial charge in [-0.05, 0) is 23.9 Å². The molecule has 3 rings (SSSR count). The summed E-state index contributed by atoms with van der Waals surface area (Å²) in [6.45, 7) is 2.01. The topological polar surface area (TPSA) is 32.9 Å². The monoisotopic (exact) mass is 209 g/mol. The molecule has 78 valence electrons. The Morgan fingerprint density at radius 2 is 1.56 bits per heavy atom. The third kappa shape index (κ3) is 1.16. The quantitative estimate of drug-likeness (QED) is 0.567. The molecule has 1 N–H and O–H groups in total. The number of aromatic amines is 1. The highest BCUT2D eigenvalue weighted by molar-refractivity contribution is 6.05. The minimum absolute atomic E-state index is 0.0163. The summed E-state index contributed by atoms with van der Waals surface area (Å²) in [6, 6.07) is 13.8. The molecule has 0 spiro atoms. The standard InChI is InChI=1S/C14H11NO/c1-9-5-4-8-11-10-6-2-3-7-12(10)14(16)15-13(9)11/h2-8H,1H3,(H,15,16). The Morgan fingerprint density at radius 1 is 0.875 bits per heavy atom. The van der Waals surface area contributed by atoms with Crippen molar-refractivity contribution in [2.45, 2.75) is 6.92 Å². The Hall–Kier alpha value is -2.09. The second kappa shape index (κ2) is 3.20. The van der Waals surface area contributed by atoms with E-state index in [9.17, 15) is 4.79 Å². The number of nitrogens with one attached hydrogen (secondary N) is 1. The van der Waals surface area contributed by atoms with E-state index in [4.69, 9.17) is 0 Å². The lowest BCUT2D eigenvalue weighted by molar-refractivity contribution is 1.32. The third-order valence-electron chi connectivity index (χ3n) is 2.97. The van der Waals surface area contributed by atoms with E-state index < -0.39 is 0 Å². The van der Waals surface area contributed by atoms with Crippen molar-refractivity contribution in [1.82, 2.24) is 4.98 Å². The van der Waals surface area contributed by atoms with Crippen LogP contribution in [0.4, 0.5) is 0 Å². The molecule has 1 aromatic heterocycles. The number of para-hydroxylation sites is 1. The fourth-order valence-corrected chi connectivity index (χ4v) is 2.15. The summed E-state index contributed by atoms with van der Waals surface area (Å²) in [6.07, 6.45) is 0. The van der Waals surface area contributed by atoms with Crippen LogP contribution < -0.4 is 5.56 Å². The van der Waals surface area contributed by atoms with Crippen LogP contribution >= 0.6 is 0 Å². The summed E-state index contributed by atoms with van der Waals surface area (Å²) in [4.78, 5) is 14.8. The molecule has 2 nitrogen and oxygen atoms in total. The number of hydrogen-bond acceptors (Lipinski definition) is 1. The van der Waals surface area contributed by atoms with Crippen LogP contribution in [-0.2, 0) is 0 Å². The van der Waals surface area contributed by atoms with Crippen molar-refractivity contribution >= 4 is 21.7 Å². The van der Waals surface area contributed by atoms with Crippen molar-refractivity contribution in [3.8, 4) is 0 Å². The first-order valence-electron chi connectivity index (χ1n) is 5.28. The molecule has 2 heteroatoms. The van der Waals surface area contributed by atoms with Crippen LogP contribution in [0.25, 0.3) is 21.7 Å². The highest BCUT2D eigenvalue weighted by Crippen LogP contribution is 2.22. The number of H-pyrrole nitrogens is 1. The van der Waals surface area contributed by atoms with Gasteiger partial charge in [0.15, 0.2) is 0 Å². The molecule has 3 aromatic rings. The van der Waals surface area contributed by atoms with E-state index in [1.807, 2.05) is 49.4 Å². The summed E-state index contributed by atoms with van der Waals surface area (Å²) < 4.78 is 0. The van der Waals surface area contributed by atoms with Gasteiger partial charge >= 0.3 is 0 Å². The van der Waals surface area contributed by atoms with Gasteiger partial charge < -0.3 is 4.98 Å². The summed E-state index contributed by atoms with van der Waals surface area (Å²) in [5, 5.41) is 2.88. The minimum atomic E-state index is -0.0163. The fourth-order valence-electron chi connectivity index (χ4n) is 2.15. The molecule has 0 unspecified atom stereocenters. The Kier molecular flexibility index (Phi) is 1.83. The molecule has 1 heterocycles. The maximum Gasteiger partial charge on any atom is 0.256 e. The SMILES string of the molecule is Cc1cccc2c1[nH]c(=O)c1ccccc12. The van der Waals surface area contributed by atoms with Gasteiger partial charge in [0.2, 0.25) is 0 Å².